The molecule has 2 rings (SSSR count). The van der Waals surface area contributed by atoms with Crippen molar-refractivity contribution in [1.82, 2.24) is 15.5 Å². The maximum atomic E-state index is 11.9. The number of amides is 1. The van der Waals surface area contributed by atoms with E-state index >= 15 is 0 Å². The zero-order valence-corrected chi connectivity index (χ0v) is 16.0. The third kappa shape index (κ3) is 5.92. The Labute approximate surface area is 156 Å². The molecule has 0 fully saturated rings. The van der Waals surface area contributed by atoms with Crippen LogP contribution >= 0.6 is 0 Å². The SMILES string of the molecule is Cc1ccccc1C(C)NC(=NCc1ccccc1)NCC(=O)N(C)C. The smallest absolute Gasteiger partial charge is 0.241 e. The molecule has 0 aromatic heterocycles. The fourth-order valence-electron chi connectivity index (χ4n) is 2.58. The van der Waals surface area contributed by atoms with Crippen molar-refractivity contribution in [2.75, 3.05) is 20.6 Å². The molecule has 5 heteroatoms. The Morgan fingerprint density at radius 2 is 1.73 bits per heavy atom. The Kier molecular flexibility index (Phi) is 7.21. The van der Waals surface area contributed by atoms with E-state index in [1.165, 1.54) is 11.1 Å². The lowest BCUT2D eigenvalue weighted by Gasteiger charge is -2.21. The fourth-order valence-corrected chi connectivity index (χ4v) is 2.58. The van der Waals surface area contributed by atoms with Crippen molar-refractivity contribution in [3.8, 4) is 0 Å². The van der Waals surface area contributed by atoms with E-state index in [0.29, 0.717) is 12.5 Å². The first-order valence-electron chi connectivity index (χ1n) is 8.82. The van der Waals surface area contributed by atoms with Gasteiger partial charge in [0.05, 0.1) is 19.1 Å². The summed E-state index contributed by atoms with van der Waals surface area (Å²) in [7, 11) is 3.49. The molecule has 1 amide bonds. The molecule has 2 N–H and O–H groups in total. The zero-order valence-electron chi connectivity index (χ0n) is 16.0. The van der Waals surface area contributed by atoms with Gasteiger partial charge in [0.25, 0.3) is 0 Å². The van der Waals surface area contributed by atoms with Crippen LogP contribution in [-0.4, -0.2) is 37.4 Å². The van der Waals surface area contributed by atoms with Gasteiger partial charge in [-0.1, -0.05) is 54.6 Å². The molecule has 0 saturated heterocycles. The molecule has 0 spiro atoms. The number of guanidine groups is 1. The molecule has 0 saturated carbocycles. The van der Waals surface area contributed by atoms with Gasteiger partial charge in [-0.15, -0.1) is 0 Å². The van der Waals surface area contributed by atoms with Crippen LogP contribution < -0.4 is 10.6 Å². The second-order valence-corrected chi connectivity index (χ2v) is 6.51. The quantitative estimate of drug-likeness (QED) is 0.621. The highest BCUT2D eigenvalue weighted by molar-refractivity contribution is 5.86. The first kappa shape index (κ1) is 19.5. The van der Waals surface area contributed by atoms with Gasteiger partial charge in [-0.05, 0) is 30.5 Å². The van der Waals surface area contributed by atoms with Crippen LogP contribution in [0.1, 0.15) is 29.7 Å². The van der Waals surface area contributed by atoms with E-state index in [2.05, 4.69) is 41.6 Å². The van der Waals surface area contributed by atoms with Crippen molar-refractivity contribution in [3.05, 3.63) is 71.3 Å². The van der Waals surface area contributed by atoms with Crippen molar-refractivity contribution in [3.63, 3.8) is 0 Å². The molecule has 1 unspecified atom stereocenters. The van der Waals surface area contributed by atoms with Gasteiger partial charge in [-0.2, -0.15) is 0 Å². The average Bonchev–Trinajstić information content (AvgIpc) is 2.64. The van der Waals surface area contributed by atoms with E-state index in [1.807, 2.05) is 42.5 Å². The number of hydrogen-bond acceptors (Lipinski definition) is 2. The van der Waals surface area contributed by atoms with Gasteiger partial charge >= 0.3 is 0 Å². The summed E-state index contributed by atoms with van der Waals surface area (Å²) < 4.78 is 0. The minimum absolute atomic E-state index is 0.00255. The van der Waals surface area contributed by atoms with Gasteiger partial charge in [-0.25, -0.2) is 4.99 Å². The minimum Gasteiger partial charge on any atom is -0.350 e. The molecule has 2 aromatic carbocycles. The van der Waals surface area contributed by atoms with Gasteiger partial charge in [0.1, 0.15) is 0 Å². The number of aryl methyl sites for hydroxylation is 1. The maximum absolute atomic E-state index is 11.9. The number of carbonyl (C=O) groups is 1. The minimum atomic E-state index is 0.00255. The summed E-state index contributed by atoms with van der Waals surface area (Å²) in [5.74, 6) is 0.627. The van der Waals surface area contributed by atoms with E-state index < -0.39 is 0 Å². The number of benzene rings is 2. The van der Waals surface area contributed by atoms with E-state index in [9.17, 15) is 4.79 Å². The van der Waals surface area contributed by atoms with Crippen LogP contribution in [0.5, 0.6) is 0 Å². The predicted octanol–water partition coefficient (Wildman–Crippen LogP) is 2.88. The molecule has 5 nitrogen and oxygen atoms in total. The largest absolute Gasteiger partial charge is 0.350 e. The normalized spacial score (nSPS) is 12.4. The summed E-state index contributed by atoms with van der Waals surface area (Å²) in [5, 5.41) is 6.55. The molecular weight excluding hydrogens is 324 g/mol. The lowest BCUT2D eigenvalue weighted by Crippen LogP contribution is -2.43. The number of nitrogens with zero attached hydrogens (tertiary/aromatic N) is 2. The fraction of sp³-hybridized carbons (Fsp3) is 0.333. The first-order valence-corrected chi connectivity index (χ1v) is 8.82. The van der Waals surface area contributed by atoms with Crippen LogP contribution in [0.2, 0.25) is 0 Å². The number of aliphatic imine (C=N–C) groups is 1. The molecule has 0 aliphatic heterocycles. The third-order valence-electron chi connectivity index (χ3n) is 4.18. The Bertz CT molecular complexity index is 741. The number of carbonyl (C=O) groups excluding carboxylic acids is 1. The summed E-state index contributed by atoms with van der Waals surface area (Å²) in [6.07, 6.45) is 0. The summed E-state index contributed by atoms with van der Waals surface area (Å²) in [4.78, 5) is 18.1. The van der Waals surface area contributed by atoms with Crippen molar-refractivity contribution in [2.24, 2.45) is 4.99 Å². The van der Waals surface area contributed by atoms with E-state index in [-0.39, 0.29) is 18.5 Å². The second kappa shape index (κ2) is 9.61. The topological polar surface area (TPSA) is 56.7 Å². The number of likely N-dealkylation sites (N-methyl/N-ethyl adjacent to an activating group) is 1. The zero-order chi connectivity index (χ0) is 18.9. The van der Waals surface area contributed by atoms with E-state index in [4.69, 9.17) is 0 Å². The van der Waals surface area contributed by atoms with E-state index in [0.717, 1.165) is 5.56 Å². The Morgan fingerprint density at radius 1 is 1.08 bits per heavy atom. The predicted molar refractivity (Wildman–Crippen MR) is 107 cm³/mol. The standard InChI is InChI=1S/C21H28N4O/c1-16-10-8-9-13-19(16)17(2)24-21(23-15-20(26)25(3)4)22-14-18-11-6-5-7-12-18/h5-13,17H,14-15H2,1-4H3,(H2,22,23,24). The van der Waals surface area contributed by atoms with E-state index in [1.54, 1.807) is 19.0 Å². The van der Waals surface area contributed by atoms with Gasteiger partial charge < -0.3 is 15.5 Å². The molecule has 138 valence electrons. The summed E-state index contributed by atoms with van der Waals surface area (Å²) in [6, 6.07) is 18.4. The molecule has 2 aromatic rings. The Hall–Kier alpha value is -2.82. The Balaban J connectivity index is 2.11. The lowest BCUT2D eigenvalue weighted by molar-refractivity contribution is -0.127. The molecule has 0 aliphatic carbocycles. The second-order valence-electron chi connectivity index (χ2n) is 6.51. The van der Waals surface area contributed by atoms with Gasteiger partial charge in [0.2, 0.25) is 5.91 Å². The van der Waals surface area contributed by atoms with Crippen molar-refractivity contribution in [2.45, 2.75) is 26.4 Å². The van der Waals surface area contributed by atoms with Gasteiger partial charge in [-0.3, -0.25) is 4.79 Å². The van der Waals surface area contributed by atoms with Crippen LogP contribution in [0.25, 0.3) is 0 Å². The molecule has 26 heavy (non-hydrogen) atoms. The van der Waals surface area contributed by atoms with Crippen LogP contribution in [0.15, 0.2) is 59.6 Å². The molecule has 0 bridgehead atoms. The molecule has 0 radical (unpaired) electrons. The van der Waals surface area contributed by atoms with Crippen LogP contribution in [0.3, 0.4) is 0 Å². The average molecular weight is 352 g/mol. The van der Waals surface area contributed by atoms with Crippen molar-refractivity contribution in [1.29, 1.82) is 0 Å². The maximum Gasteiger partial charge on any atom is 0.241 e. The van der Waals surface area contributed by atoms with Crippen molar-refractivity contribution < 1.29 is 4.79 Å². The van der Waals surface area contributed by atoms with Crippen LogP contribution in [0.4, 0.5) is 0 Å². The van der Waals surface area contributed by atoms with Crippen LogP contribution in [0, 0.1) is 6.92 Å². The number of hydrogen-bond donors (Lipinski definition) is 2. The highest BCUT2D eigenvalue weighted by atomic mass is 16.2. The number of rotatable bonds is 6. The molecular formula is C21H28N4O. The molecule has 0 heterocycles. The summed E-state index contributed by atoms with van der Waals surface area (Å²) in [6.45, 7) is 4.94. The highest BCUT2D eigenvalue weighted by Crippen LogP contribution is 2.16. The molecule has 1 atom stereocenters. The Morgan fingerprint density at radius 3 is 2.38 bits per heavy atom. The highest BCUT2D eigenvalue weighted by Gasteiger charge is 2.12. The lowest BCUT2D eigenvalue weighted by atomic mass is 10.0. The molecule has 0 aliphatic rings. The third-order valence-corrected chi connectivity index (χ3v) is 4.18. The summed E-state index contributed by atoms with van der Waals surface area (Å²) in [5.41, 5.74) is 3.55. The first-order chi connectivity index (χ1) is 12.5. The van der Waals surface area contributed by atoms with Crippen molar-refractivity contribution >= 4 is 11.9 Å². The summed E-state index contributed by atoms with van der Waals surface area (Å²) >= 11 is 0. The van der Waals surface area contributed by atoms with Gasteiger partial charge in [0, 0.05) is 14.1 Å². The van der Waals surface area contributed by atoms with Crippen LogP contribution in [-0.2, 0) is 11.3 Å². The van der Waals surface area contributed by atoms with Gasteiger partial charge in [0.15, 0.2) is 5.96 Å². The number of nitrogens with one attached hydrogen (secondary N) is 2. The monoisotopic (exact) mass is 352 g/mol.